The number of aromatic nitrogens is 4. The van der Waals surface area contributed by atoms with Gasteiger partial charge in [-0.25, -0.2) is 9.37 Å². The van der Waals surface area contributed by atoms with E-state index >= 15 is 0 Å². The van der Waals surface area contributed by atoms with E-state index in [2.05, 4.69) is 24.5 Å². The monoisotopic (exact) mass is 495 g/mol. The van der Waals surface area contributed by atoms with E-state index < -0.39 is 11.9 Å². The van der Waals surface area contributed by atoms with Crippen molar-refractivity contribution in [1.29, 1.82) is 0 Å². The van der Waals surface area contributed by atoms with E-state index in [1.54, 1.807) is 29.3 Å². The predicted octanol–water partition coefficient (Wildman–Crippen LogP) is 2.87. The molecule has 1 amide bonds. The summed E-state index contributed by atoms with van der Waals surface area (Å²) in [5.74, 6) is -0.00101. The summed E-state index contributed by atoms with van der Waals surface area (Å²) in [5, 5.41) is 6.82. The molecule has 0 bridgehead atoms. The van der Waals surface area contributed by atoms with E-state index in [1.807, 2.05) is 18.5 Å². The number of amides is 1. The first kappa shape index (κ1) is 23.3. The normalized spacial score (nSPS) is 15.5. The molecule has 4 heterocycles. The zero-order chi connectivity index (χ0) is 24.4. The van der Waals surface area contributed by atoms with Gasteiger partial charge >= 0.3 is 0 Å². The molecule has 35 heavy (non-hydrogen) atoms. The average molecular weight is 496 g/mol. The number of rotatable bonds is 7. The van der Waals surface area contributed by atoms with Crippen LogP contribution in [-0.4, -0.2) is 67.5 Å². The Morgan fingerprint density at radius 2 is 2.09 bits per heavy atom. The van der Waals surface area contributed by atoms with Gasteiger partial charge in [-0.15, -0.1) is 5.10 Å². The van der Waals surface area contributed by atoms with Crippen LogP contribution in [0.1, 0.15) is 16.8 Å². The molecule has 0 aliphatic carbocycles. The highest BCUT2D eigenvalue weighted by Gasteiger charge is 2.26. The van der Waals surface area contributed by atoms with Crippen LogP contribution in [0.2, 0.25) is 0 Å². The second kappa shape index (κ2) is 10.1. The third kappa shape index (κ3) is 5.16. The van der Waals surface area contributed by atoms with Gasteiger partial charge in [-0.3, -0.25) is 9.69 Å². The average Bonchev–Trinajstić information content (AvgIpc) is 3.51. The summed E-state index contributed by atoms with van der Waals surface area (Å²) < 4.78 is 24.6. The molecule has 1 atom stereocenters. The molecule has 3 aromatic heterocycles. The number of aromatic amines is 1. The molecule has 1 aromatic carbocycles. The molecule has 1 saturated heterocycles. The number of carbonyl (C=O) groups is 1. The Kier molecular flexibility index (Phi) is 6.71. The Morgan fingerprint density at radius 1 is 1.26 bits per heavy atom. The minimum absolute atomic E-state index is 0.105. The van der Waals surface area contributed by atoms with Crippen molar-refractivity contribution in [3.8, 4) is 11.5 Å². The Bertz CT molecular complexity index is 1320. The number of hydrogen-bond acceptors (Lipinski definition) is 8. The van der Waals surface area contributed by atoms with Gasteiger partial charge in [-0.2, -0.15) is 0 Å². The number of ether oxygens (including phenoxy) is 1. The third-order valence-corrected chi connectivity index (χ3v) is 6.75. The maximum Gasteiger partial charge on any atom is 0.239 e. The molecule has 0 unspecified atom stereocenters. The van der Waals surface area contributed by atoms with Gasteiger partial charge in [-0.1, -0.05) is 10.6 Å². The lowest BCUT2D eigenvalue weighted by molar-refractivity contribution is -0.134. The number of H-pyrrole nitrogens is 1. The molecular formula is C24H26FN7O2S. The van der Waals surface area contributed by atoms with Crippen LogP contribution in [-0.2, 0) is 17.8 Å². The molecule has 9 nitrogen and oxygen atoms in total. The number of hydrogen-bond donors (Lipinski definition) is 2. The Balaban J connectivity index is 1.18. The second-order valence-electron chi connectivity index (χ2n) is 8.68. The maximum absolute atomic E-state index is 14.9. The molecule has 1 aliphatic rings. The number of fused-ring (bicyclic) bond motifs is 1. The van der Waals surface area contributed by atoms with Crippen LogP contribution in [0.5, 0.6) is 11.5 Å². The SMILES string of the molecule is Cc1c[nH]c2nccc(Oc3ccc(C[C@H](N)C(=O)N4CCN(Cc5csnn5)CC4)cc3F)c12. The standard InChI is InChI=1S/C24H26FN7O2S/c1-15-12-28-23-22(15)21(4-5-27-23)34-20-3-2-16(10-18(20)25)11-19(26)24(33)32-8-6-31(7-9-32)13-17-14-35-30-29-17/h2-5,10,12,14,19H,6-9,11,13,26H2,1H3,(H,27,28)/t19-/m0/s1. The first-order valence-electron chi connectivity index (χ1n) is 11.4. The lowest BCUT2D eigenvalue weighted by Gasteiger charge is -2.35. The van der Waals surface area contributed by atoms with Gasteiger partial charge in [0.25, 0.3) is 0 Å². The maximum atomic E-state index is 14.9. The number of piperazine rings is 1. The molecule has 4 aromatic rings. The number of nitrogens with two attached hydrogens (primary N) is 1. The minimum atomic E-state index is -0.738. The van der Waals surface area contributed by atoms with Crippen molar-refractivity contribution in [3.05, 3.63) is 64.7 Å². The fourth-order valence-corrected chi connectivity index (χ4v) is 4.77. The summed E-state index contributed by atoms with van der Waals surface area (Å²) in [4.78, 5) is 24.2. The van der Waals surface area contributed by atoms with Crippen molar-refractivity contribution < 1.29 is 13.9 Å². The van der Waals surface area contributed by atoms with Crippen LogP contribution in [0.25, 0.3) is 11.0 Å². The van der Waals surface area contributed by atoms with Crippen molar-refractivity contribution in [3.63, 3.8) is 0 Å². The van der Waals surface area contributed by atoms with Gasteiger partial charge in [0.05, 0.1) is 17.1 Å². The summed E-state index contributed by atoms with van der Waals surface area (Å²) in [7, 11) is 0. The highest BCUT2D eigenvalue weighted by molar-refractivity contribution is 7.03. The number of aryl methyl sites for hydroxylation is 1. The van der Waals surface area contributed by atoms with Gasteiger partial charge in [0.2, 0.25) is 5.91 Å². The largest absolute Gasteiger partial charge is 0.453 e. The van der Waals surface area contributed by atoms with Crippen molar-refractivity contribution in [2.75, 3.05) is 26.2 Å². The van der Waals surface area contributed by atoms with E-state index in [0.29, 0.717) is 30.0 Å². The van der Waals surface area contributed by atoms with Crippen molar-refractivity contribution in [2.24, 2.45) is 5.73 Å². The van der Waals surface area contributed by atoms with Gasteiger partial charge in [0.1, 0.15) is 11.4 Å². The molecular weight excluding hydrogens is 469 g/mol. The number of nitrogens with zero attached hydrogens (tertiary/aromatic N) is 5. The molecule has 0 radical (unpaired) electrons. The highest BCUT2D eigenvalue weighted by atomic mass is 32.1. The van der Waals surface area contributed by atoms with Crippen LogP contribution in [0.4, 0.5) is 4.39 Å². The van der Waals surface area contributed by atoms with Crippen molar-refractivity contribution in [2.45, 2.75) is 25.9 Å². The van der Waals surface area contributed by atoms with Crippen LogP contribution in [0, 0.1) is 12.7 Å². The third-order valence-electron chi connectivity index (χ3n) is 6.20. The lowest BCUT2D eigenvalue weighted by Crippen LogP contribution is -2.53. The van der Waals surface area contributed by atoms with Crippen LogP contribution < -0.4 is 10.5 Å². The minimum Gasteiger partial charge on any atom is -0.453 e. The topological polar surface area (TPSA) is 113 Å². The zero-order valence-corrected chi connectivity index (χ0v) is 20.1. The van der Waals surface area contributed by atoms with E-state index in [4.69, 9.17) is 10.5 Å². The number of pyridine rings is 1. The fourth-order valence-electron chi connectivity index (χ4n) is 4.33. The molecule has 0 spiro atoms. The summed E-state index contributed by atoms with van der Waals surface area (Å²) in [5.41, 5.74) is 9.45. The Morgan fingerprint density at radius 3 is 2.83 bits per heavy atom. The van der Waals surface area contributed by atoms with E-state index in [1.165, 1.54) is 17.6 Å². The second-order valence-corrected chi connectivity index (χ2v) is 9.29. The van der Waals surface area contributed by atoms with Gasteiger partial charge in [0, 0.05) is 50.5 Å². The zero-order valence-electron chi connectivity index (χ0n) is 19.3. The van der Waals surface area contributed by atoms with Crippen LogP contribution >= 0.6 is 11.5 Å². The molecule has 0 saturated carbocycles. The summed E-state index contributed by atoms with van der Waals surface area (Å²) in [6, 6.07) is 5.66. The lowest BCUT2D eigenvalue weighted by atomic mass is 10.0. The van der Waals surface area contributed by atoms with Gasteiger partial charge in [-0.05, 0) is 54.2 Å². The summed E-state index contributed by atoms with van der Waals surface area (Å²) >= 11 is 1.33. The van der Waals surface area contributed by atoms with Crippen LogP contribution in [0.15, 0.2) is 42.0 Å². The van der Waals surface area contributed by atoms with Crippen molar-refractivity contribution >= 4 is 28.5 Å². The molecule has 1 aliphatic heterocycles. The first-order chi connectivity index (χ1) is 17.0. The molecule has 11 heteroatoms. The van der Waals surface area contributed by atoms with Gasteiger partial charge in [0.15, 0.2) is 11.6 Å². The van der Waals surface area contributed by atoms with E-state index in [9.17, 15) is 9.18 Å². The highest BCUT2D eigenvalue weighted by Crippen LogP contribution is 2.32. The predicted molar refractivity (Wildman–Crippen MR) is 131 cm³/mol. The Hall–Kier alpha value is -3.41. The van der Waals surface area contributed by atoms with Crippen LogP contribution in [0.3, 0.4) is 0 Å². The molecule has 182 valence electrons. The Labute approximate surface area is 205 Å². The van der Waals surface area contributed by atoms with Crippen molar-refractivity contribution in [1.82, 2.24) is 29.4 Å². The quantitative estimate of drug-likeness (QED) is 0.405. The number of carbonyl (C=O) groups excluding carboxylic acids is 1. The molecule has 1 fully saturated rings. The smallest absolute Gasteiger partial charge is 0.239 e. The van der Waals surface area contributed by atoms with E-state index in [-0.39, 0.29) is 18.1 Å². The number of halogens is 1. The molecule has 5 rings (SSSR count). The molecule has 3 N–H and O–H groups in total. The fraction of sp³-hybridized carbons (Fsp3) is 0.333. The summed E-state index contributed by atoms with van der Waals surface area (Å²) in [6.07, 6.45) is 3.69. The first-order valence-corrected chi connectivity index (χ1v) is 12.2. The van der Waals surface area contributed by atoms with E-state index in [0.717, 1.165) is 36.3 Å². The van der Waals surface area contributed by atoms with Gasteiger partial charge < -0.3 is 20.4 Å². The number of benzene rings is 1. The number of nitrogens with one attached hydrogen (secondary N) is 1. The summed E-state index contributed by atoms with van der Waals surface area (Å²) in [6.45, 7) is 5.37.